The second-order valence-electron chi connectivity index (χ2n) is 6.59. The smallest absolute Gasteiger partial charge is 0.255 e. The van der Waals surface area contributed by atoms with Crippen LogP contribution in [-0.2, 0) is 4.79 Å². The van der Waals surface area contributed by atoms with Crippen LogP contribution in [0.15, 0.2) is 12.3 Å². The van der Waals surface area contributed by atoms with Crippen molar-refractivity contribution in [1.29, 1.82) is 0 Å². The molecule has 0 fully saturated rings. The quantitative estimate of drug-likeness (QED) is 0.751. The lowest BCUT2D eigenvalue weighted by Crippen LogP contribution is -2.31. The first-order valence-corrected chi connectivity index (χ1v) is 8.56. The number of aromatic nitrogens is 2. The maximum Gasteiger partial charge on any atom is 0.255 e. The molecule has 0 aliphatic carbocycles. The minimum atomic E-state index is -0.582. The molecule has 0 saturated carbocycles. The van der Waals surface area contributed by atoms with E-state index in [1.165, 1.54) is 17.8 Å². The highest BCUT2D eigenvalue weighted by atomic mass is 16.5. The Kier molecular flexibility index (Phi) is 9.56. The lowest BCUT2D eigenvalue weighted by Gasteiger charge is -2.20. The number of rotatable bonds is 8. The van der Waals surface area contributed by atoms with Crippen molar-refractivity contribution >= 4 is 18.0 Å². The van der Waals surface area contributed by atoms with Crippen molar-refractivity contribution in [2.24, 2.45) is 17.1 Å². The van der Waals surface area contributed by atoms with Crippen LogP contribution < -0.4 is 15.8 Å². The van der Waals surface area contributed by atoms with Crippen molar-refractivity contribution in [3.63, 3.8) is 0 Å². The molecule has 0 aliphatic heterocycles. The van der Waals surface area contributed by atoms with E-state index in [0.717, 1.165) is 0 Å². The minimum Gasteiger partial charge on any atom is -0.477 e. The summed E-state index contributed by atoms with van der Waals surface area (Å²) in [6.45, 7) is 14.4. The van der Waals surface area contributed by atoms with Crippen LogP contribution in [0.2, 0.25) is 0 Å². The third-order valence-corrected chi connectivity index (χ3v) is 3.03. The van der Waals surface area contributed by atoms with Gasteiger partial charge < -0.3 is 15.8 Å². The highest BCUT2D eigenvalue weighted by molar-refractivity contribution is 5.95. The van der Waals surface area contributed by atoms with Gasteiger partial charge in [0.2, 0.25) is 11.8 Å². The number of nitrogens with two attached hydrogens (primary N) is 1. The summed E-state index contributed by atoms with van der Waals surface area (Å²) in [5, 5.41) is 6.91. The zero-order valence-corrected chi connectivity index (χ0v) is 16.4. The van der Waals surface area contributed by atoms with Gasteiger partial charge in [-0.25, -0.2) is 4.68 Å². The standard InChI is InChI=1S/C16H26N4O3.C2H6/c1-11(2)9-23-15-13(14(17)22)8-19-20(15)7-6-16(4,5)10-18-12(3)21;1-2/h6-8,11H,9-10H2,1-5H3,(H2,17,22)(H,18,21);1-2H3/b7-6+;. The van der Waals surface area contributed by atoms with Gasteiger partial charge in [-0.2, -0.15) is 5.10 Å². The Morgan fingerprint density at radius 3 is 2.48 bits per heavy atom. The molecule has 1 aromatic heterocycles. The zero-order chi connectivity index (χ0) is 19.6. The van der Waals surface area contributed by atoms with E-state index in [-0.39, 0.29) is 16.9 Å². The SMILES string of the molecule is CC.CC(=O)NCC(C)(C)/C=C/n1ncc(C(N)=O)c1OCC(C)C. The number of hydrogen-bond donors (Lipinski definition) is 2. The number of carbonyl (C=O) groups is 2. The lowest BCUT2D eigenvalue weighted by atomic mass is 9.93. The summed E-state index contributed by atoms with van der Waals surface area (Å²) in [5.41, 5.74) is 5.32. The van der Waals surface area contributed by atoms with Gasteiger partial charge >= 0.3 is 0 Å². The highest BCUT2D eigenvalue weighted by Gasteiger charge is 2.18. The predicted molar refractivity (Wildman–Crippen MR) is 100 cm³/mol. The number of nitrogens with one attached hydrogen (secondary N) is 1. The highest BCUT2D eigenvalue weighted by Crippen LogP contribution is 2.22. The fraction of sp³-hybridized carbons (Fsp3) is 0.611. The molecule has 25 heavy (non-hydrogen) atoms. The molecular formula is C18H32N4O3. The second-order valence-corrected chi connectivity index (χ2v) is 6.59. The number of nitrogens with zero attached hydrogens (tertiary/aromatic N) is 2. The molecule has 142 valence electrons. The van der Waals surface area contributed by atoms with Crippen molar-refractivity contribution in [2.45, 2.75) is 48.5 Å². The average Bonchev–Trinajstić information content (AvgIpc) is 2.94. The topological polar surface area (TPSA) is 99.2 Å². The largest absolute Gasteiger partial charge is 0.477 e. The van der Waals surface area contributed by atoms with Crippen LogP contribution in [0.1, 0.15) is 58.8 Å². The molecule has 3 N–H and O–H groups in total. The Bertz CT molecular complexity index is 589. The molecule has 0 aromatic carbocycles. The fourth-order valence-corrected chi connectivity index (χ4v) is 1.70. The molecular weight excluding hydrogens is 320 g/mol. The summed E-state index contributed by atoms with van der Waals surface area (Å²) < 4.78 is 7.16. The number of amides is 2. The van der Waals surface area contributed by atoms with Crippen LogP contribution in [0, 0.1) is 11.3 Å². The molecule has 7 heteroatoms. The number of primary amides is 1. The van der Waals surface area contributed by atoms with Gasteiger partial charge in [0.1, 0.15) is 5.56 Å². The lowest BCUT2D eigenvalue weighted by molar-refractivity contribution is -0.119. The molecule has 1 heterocycles. The molecule has 2 amide bonds. The zero-order valence-electron chi connectivity index (χ0n) is 16.4. The predicted octanol–water partition coefficient (Wildman–Crippen LogP) is 2.68. The monoisotopic (exact) mass is 352 g/mol. The van der Waals surface area contributed by atoms with Crippen LogP contribution >= 0.6 is 0 Å². The van der Waals surface area contributed by atoms with Crippen molar-refractivity contribution in [2.75, 3.05) is 13.2 Å². The number of ether oxygens (including phenoxy) is 1. The van der Waals surface area contributed by atoms with Crippen molar-refractivity contribution in [1.82, 2.24) is 15.1 Å². The molecule has 0 bridgehead atoms. The van der Waals surface area contributed by atoms with E-state index in [1.54, 1.807) is 6.20 Å². The fourth-order valence-electron chi connectivity index (χ4n) is 1.70. The van der Waals surface area contributed by atoms with Gasteiger partial charge in [0.25, 0.3) is 5.91 Å². The molecule has 0 unspecified atom stereocenters. The second kappa shape index (κ2) is 10.5. The molecule has 0 aliphatic rings. The van der Waals surface area contributed by atoms with Gasteiger partial charge in [0.15, 0.2) is 0 Å². The summed E-state index contributed by atoms with van der Waals surface area (Å²) in [6, 6.07) is 0. The van der Waals surface area contributed by atoms with E-state index >= 15 is 0 Å². The minimum absolute atomic E-state index is 0.0810. The van der Waals surface area contributed by atoms with E-state index in [1.807, 2.05) is 47.6 Å². The van der Waals surface area contributed by atoms with Crippen molar-refractivity contribution < 1.29 is 14.3 Å². The van der Waals surface area contributed by atoms with E-state index in [9.17, 15) is 9.59 Å². The summed E-state index contributed by atoms with van der Waals surface area (Å²) in [5.74, 6) is -0.0273. The normalized spacial score (nSPS) is 11.2. The van der Waals surface area contributed by atoms with Gasteiger partial charge in [-0.1, -0.05) is 47.6 Å². The maximum absolute atomic E-state index is 11.5. The Labute approximate surface area is 150 Å². The molecule has 0 atom stereocenters. The maximum atomic E-state index is 11.5. The van der Waals surface area contributed by atoms with E-state index in [0.29, 0.717) is 24.9 Å². The van der Waals surface area contributed by atoms with E-state index < -0.39 is 5.91 Å². The Hall–Kier alpha value is -2.31. The van der Waals surface area contributed by atoms with Crippen LogP contribution in [-0.4, -0.2) is 34.7 Å². The summed E-state index contributed by atoms with van der Waals surface area (Å²) in [4.78, 5) is 22.5. The summed E-state index contributed by atoms with van der Waals surface area (Å²) >= 11 is 0. The third kappa shape index (κ3) is 8.37. The summed E-state index contributed by atoms with van der Waals surface area (Å²) in [7, 11) is 0. The van der Waals surface area contributed by atoms with Crippen LogP contribution in [0.5, 0.6) is 5.88 Å². The molecule has 0 saturated heterocycles. The van der Waals surface area contributed by atoms with E-state index in [4.69, 9.17) is 10.5 Å². The average molecular weight is 352 g/mol. The Morgan fingerprint density at radius 2 is 2.00 bits per heavy atom. The van der Waals surface area contributed by atoms with Crippen LogP contribution in [0.3, 0.4) is 0 Å². The molecule has 7 nitrogen and oxygen atoms in total. The van der Waals surface area contributed by atoms with Gasteiger partial charge in [-0.15, -0.1) is 0 Å². The molecule has 0 spiro atoms. The Morgan fingerprint density at radius 1 is 1.40 bits per heavy atom. The summed E-state index contributed by atoms with van der Waals surface area (Å²) in [6.07, 6.45) is 5.00. The van der Waals surface area contributed by atoms with Gasteiger partial charge in [0.05, 0.1) is 12.8 Å². The number of carbonyl (C=O) groups excluding carboxylic acids is 2. The van der Waals surface area contributed by atoms with Gasteiger partial charge in [-0.05, 0) is 5.92 Å². The first-order valence-electron chi connectivity index (χ1n) is 8.56. The first kappa shape index (κ1) is 22.7. The molecule has 1 rings (SSSR count). The van der Waals surface area contributed by atoms with Crippen LogP contribution in [0.4, 0.5) is 0 Å². The first-order chi connectivity index (χ1) is 11.6. The number of hydrogen-bond acceptors (Lipinski definition) is 4. The third-order valence-electron chi connectivity index (χ3n) is 3.03. The Balaban J connectivity index is 0.00000277. The van der Waals surface area contributed by atoms with E-state index in [2.05, 4.69) is 10.4 Å². The van der Waals surface area contributed by atoms with Gasteiger partial charge in [0, 0.05) is 25.1 Å². The van der Waals surface area contributed by atoms with Crippen molar-refractivity contribution in [3.05, 3.63) is 17.8 Å². The van der Waals surface area contributed by atoms with Crippen molar-refractivity contribution in [3.8, 4) is 5.88 Å². The molecule has 0 radical (unpaired) electrons. The van der Waals surface area contributed by atoms with Gasteiger partial charge in [-0.3, -0.25) is 9.59 Å². The van der Waals surface area contributed by atoms with Crippen LogP contribution in [0.25, 0.3) is 6.20 Å². The molecule has 1 aromatic rings.